The second-order valence-corrected chi connectivity index (χ2v) is 2.54. The monoisotopic (exact) mass is 189 g/mol. The third-order valence-electron chi connectivity index (χ3n) is 1.53. The van der Waals surface area contributed by atoms with Gasteiger partial charge in [-0.3, -0.25) is 0 Å². The Hall–Kier alpha value is -0.930. The lowest BCUT2D eigenvalue weighted by atomic mass is 10.1. The van der Waals surface area contributed by atoms with Crippen molar-refractivity contribution < 1.29 is 10.2 Å². The molecule has 1 atom stereocenters. The molecule has 3 nitrogen and oxygen atoms in total. The quantitative estimate of drug-likeness (QED) is 0.587. The molecular weight excluding hydrogens is 178 g/mol. The zero-order chi connectivity index (χ0) is 8.43. The Morgan fingerprint density at radius 2 is 1.83 bits per heavy atom. The zero-order valence-electron chi connectivity index (χ0n) is 6.69. The van der Waals surface area contributed by atoms with Crippen molar-refractivity contribution in [3.05, 3.63) is 23.8 Å². The van der Waals surface area contributed by atoms with Gasteiger partial charge < -0.3 is 15.9 Å². The van der Waals surface area contributed by atoms with Crippen LogP contribution in [-0.2, 0) is 0 Å². The van der Waals surface area contributed by atoms with E-state index < -0.39 is 0 Å². The molecule has 1 aromatic rings. The maximum Gasteiger partial charge on any atom is 0.157 e. The van der Waals surface area contributed by atoms with E-state index in [2.05, 4.69) is 0 Å². The third kappa shape index (κ3) is 2.29. The van der Waals surface area contributed by atoms with Gasteiger partial charge in [0.25, 0.3) is 0 Å². The molecule has 0 saturated heterocycles. The van der Waals surface area contributed by atoms with Crippen LogP contribution in [-0.4, -0.2) is 10.2 Å². The second-order valence-electron chi connectivity index (χ2n) is 2.54. The summed E-state index contributed by atoms with van der Waals surface area (Å²) in [5, 5.41) is 18.0. The minimum absolute atomic E-state index is 0. The molecule has 1 rings (SSSR count). The van der Waals surface area contributed by atoms with Gasteiger partial charge in [0.15, 0.2) is 11.5 Å². The Balaban J connectivity index is 0.00000121. The topological polar surface area (TPSA) is 66.5 Å². The number of phenolic OH excluding ortho intramolecular Hbond substituents is 2. The summed E-state index contributed by atoms with van der Waals surface area (Å²) in [5.74, 6) is -0.241. The van der Waals surface area contributed by atoms with Crippen LogP contribution in [0.4, 0.5) is 0 Å². The molecular formula is C8H12ClNO2. The van der Waals surface area contributed by atoms with Crippen LogP contribution < -0.4 is 5.73 Å². The summed E-state index contributed by atoms with van der Waals surface area (Å²) < 4.78 is 0. The number of nitrogens with two attached hydrogens (primary N) is 1. The van der Waals surface area contributed by atoms with Crippen molar-refractivity contribution in [2.45, 2.75) is 13.0 Å². The highest BCUT2D eigenvalue weighted by Crippen LogP contribution is 2.26. The first-order valence-corrected chi connectivity index (χ1v) is 3.38. The predicted molar refractivity (Wildman–Crippen MR) is 49.6 cm³/mol. The van der Waals surface area contributed by atoms with Crippen LogP contribution in [0, 0.1) is 0 Å². The maximum atomic E-state index is 9.04. The van der Waals surface area contributed by atoms with E-state index >= 15 is 0 Å². The molecule has 0 saturated carbocycles. The summed E-state index contributed by atoms with van der Waals surface area (Å²) in [4.78, 5) is 0. The van der Waals surface area contributed by atoms with Crippen LogP contribution in [0.2, 0.25) is 0 Å². The van der Waals surface area contributed by atoms with Gasteiger partial charge in [-0.05, 0) is 24.6 Å². The lowest BCUT2D eigenvalue weighted by Gasteiger charge is -2.05. The van der Waals surface area contributed by atoms with Crippen molar-refractivity contribution in [3.8, 4) is 11.5 Å². The van der Waals surface area contributed by atoms with Crippen molar-refractivity contribution in [1.29, 1.82) is 0 Å². The fraction of sp³-hybridized carbons (Fsp3) is 0.250. The van der Waals surface area contributed by atoms with Crippen molar-refractivity contribution in [2.24, 2.45) is 5.73 Å². The standard InChI is InChI=1S/C8H11NO2.ClH/c1-5(9)6-2-3-7(10)8(11)4-6;/h2-5,10-11H,9H2,1H3;1H/t5-;/m1./s1. The van der Waals surface area contributed by atoms with Crippen LogP contribution in [0.5, 0.6) is 11.5 Å². The molecule has 0 amide bonds. The Morgan fingerprint density at radius 1 is 1.25 bits per heavy atom. The number of aromatic hydroxyl groups is 2. The number of hydrogen-bond acceptors (Lipinski definition) is 3. The maximum absolute atomic E-state index is 9.04. The molecule has 68 valence electrons. The van der Waals surface area contributed by atoms with Crippen LogP contribution in [0.15, 0.2) is 18.2 Å². The van der Waals surface area contributed by atoms with Gasteiger partial charge in [-0.1, -0.05) is 6.07 Å². The molecule has 0 spiro atoms. The van der Waals surface area contributed by atoms with Crippen molar-refractivity contribution in [3.63, 3.8) is 0 Å². The highest BCUT2D eigenvalue weighted by molar-refractivity contribution is 5.85. The molecule has 12 heavy (non-hydrogen) atoms. The lowest BCUT2D eigenvalue weighted by Crippen LogP contribution is -2.04. The first-order valence-electron chi connectivity index (χ1n) is 3.38. The Bertz CT molecular complexity index is 263. The number of phenols is 2. The summed E-state index contributed by atoms with van der Waals surface area (Å²) in [7, 11) is 0. The Kier molecular flexibility index (Phi) is 3.86. The molecule has 4 N–H and O–H groups in total. The zero-order valence-corrected chi connectivity index (χ0v) is 7.51. The van der Waals surface area contributed by atoms with E-state index in [1.165, 1.54) is 12.1 Å². The average molecular weight is 190 g/mol. The number of hydrogen-bond donors (Lipinski definition) is 3. The summed E-state index contributed by atoms with van der Waals surface area (Å²) in [5.41, 5.74) is 6.35. The number of rotatable bonds is 1. The molecule has 0 aliphatic heterocycles. The summed E-state index contributed by atoms with van der Waals surface area (Å²) in [6, 6.07) is 4.44. The van der Waals surface area contributed by atoms with Gasteiger partial charge in [-0.15, -0.1) is 12.4 Å². The molecule has 0 aliphatic rings. The van der Waals surface area contributed by atoms with Gasteiger partial charge in [0, 0.05) is 6.04 Å². The van der Waals surface area contributed by atoms with E-state index in [0.29, 0.717) is 0 Å². The summed E-state index contributed by atoms with van der Waals surface area (Å²) in [6.45, 7) is 1.81. The van der Waals surface area contributed by atoms with E-state index in [9.17, 15) is 0 Å². The van der Waals surface area contributed by atoms with Gasteiger partial charge in [-0.25, -0.2) is 0 Å². The molecule has 0 aliphatic carbocycles. The molecule has 4 heteroatoms. The van der Waals surface area contributed by atoms with Gasteiger partial charge in [0.1, 0.15) is 0 Å². The van der Waals surface area contributed by atoms with Crippen molar-refractivity contribution >= 4 is 12.4 Å². The smallest absolute Gasteiger partial charge is 0.157 e. The van der Waals surface area contributed by atoms with E-state index in [1.807, 2.05) is 6.92 Å². The SMILES string of the molecule is C[C@@H](N)c1ccc(O)c(O)c1.Cl. The van der Waals surface area contributed by atoms with Gasteiger partial charge >= 0.3 is 0 Å². The highest BCUT2D eigenvalue weighted by Gasteiger charge is 2.02. The minimum Gasteiger partial charge on any atom is -0.504 e. The fourth-order valence-electron chi connectivity index (χ4n) is 0.824. The van der Waals surface area contributed by atoms with E-state index in [1.54, 1.807) is 6.07 Å². The second kappa shape index (κ2) is 4.18. The fourth-order valence-corrected chi connectivity index (χ4v) is 0.824. The summed E-state index contributed by atoms with van der Waals surface area (Å²) >= 11 is 0. The molecule has 0 heterocycles. The van der Waals surface area contributed by atoms with Gasteiger partial charge in [0.2, 0.25) is 0 Å². The first-order chi connectivity index (χ1) is 5.11. The van der Waals surface area contributed by atoms with E-state index in [-0.39, 0.29) is 29.9 Å². The molecule has 0 fully saturated rings. The number of halogens is 1. The van der Waals surface area contributed by atoms with Crippen molar-refractivity contribution in [1.82, 2.24) is 0 Å². The average Bonchev–Trinajstić information content (AvgIpc) is 1.94. The Labute approximate surface area is 77.2 Å². The third-order valence-corrected chi connectivity index (χ3v) is 1.53. The normalized spacial score (nSPS) is 11.8. The predicted octanol–water partition coefficient (Wildman–Crippen LogP) is 1.54. The van der Waals surface area contributed by atoms with Crippen LogP contribution in [0.1, 0.15) is 18.5 Å². The lowest BCUT2D eigenvalue weighted by molar-refractivity contribution is 0.403. The highest BCUT2D eigenvalue weighted by atomic mass is 35.5. The molecule has 1 aromatic carbocycles. The summed E-state index contributed by atoms with van der Waals surface area (Å²) in [6.07, 6.45) is 0. The molecule has 0 radical (unpaired) electrons. The van der Waals surface area contributed by atoms with E-state index in [0.717, 1.165) is 5.56 Å². The van der Waals surface area contributed by atoms with Crippen molar-refractivity contribution in [2.75, 3.05) is 0 Å². The largest absolute Gasteiger partial charge is 0.504 e. The van der Waals surface area contributed by atoms with Crippen LogP contribution in [0.25, 0.3) is 0 Å². The van der Waals surface area contributed by atoms with Gasteiger partial charge in [0.05, 0.1) is 0 Å². The van der Waals surface area contributed by atoms with E-state index in [4.69, 9.17) is 15.9 Å². The molecule has 0 unspecified atom stereocenters. The van der Waals surface area contributed by atoms with Crippen LogP contribution in [0.3, 0.4) is 0 Å². The molecule has 0 bridgehead atoms. The number of benzene rings is 1. The van der Waals surface area contributed by atoms with Crippen LogP contribution >= 0.6 is 12.4 Å². The minimum atomic E-state index is -0.125. The molecule has 0 aromatic heterocycles. The Morgan fingerprint density at radius 3 is 2.25 bits per heavy atom. The van der Waals surface area contributed by atoms with Gasteiger partial charge in [-0.2, -0.15) is 0 Å². The first kappa shape index (κ1) is 11.1.